The molecule has 4 heteroatoms. The van der Waals surface area contributed by atoms with Crippen molar-refractivity contribution < 1.29 is 4.74 Å². The molecule has 1 aliphatic rings. The molecule has 0 aliphatic carbocycles. The summed E-state index contributed by atoms with van der Waals surface area (Å²) in [5.41, 5.74) is 3.53. The van der Waals surface area contributed by atoms with E-state index in [1.807, 2.05) is 0 Å². The number of aromatic amines is 1. The number of rotatable bonds is 1. The van der Waals surface area contributed by atoms with E-state index in [0.717, 1.165) is 29.7 Å². The molecule has 0 bridgehead atoms. The van der Waals surface area contributed by atoms with Gasteiger partial charge in [0.2, 0.25) is 0 Å². The third kappa shape index (κ3) is 2.35. The van der Waals surface area contributed by atoms with Gasteiger partial charge in [-0.05, 0) is 63.5 Å². The van der Waals surface area contributed by atoms with Gasteiger partial charge in [-0.3, -0.25) is 0 Å². The second kappa shape index (κ2) is 4.46. The highest BCUT2D eigenvalue weighted by Crippen LogP contribution is 2.34. The maximum atomic E-state index is 5.81. The first-order chi connectivity index (χ1) is 8.96. The largest absolute Gasteiger partial charge is 0.375 e. The van der Waals surface area contributed by atoms with Gasteiger partial charge in [0.05, 0.1) is 16.6 Å². The molecular weight excluding hydrogens is 256 g/mol. The molecular formula is C15H20N2OS. The zero-order chi connectivity index (χ0) is 13.6. The molecule has 1 atom stereocenters. The first kappa shape index (κ1) is 12.9. The fraction of sp³-hybridized carbons (Fsp3) is 0.533. The number of hydrogen-bond donors (Lipinski definition) is 1. The van der Waals surface area contributed by atoms with Gasteiger partial charge in [0.1, 0.15) is 0 Å². The van der Waals surface area contributed by atoms with E-state index in [-0.39, 0.29) is 5.60 Å². The molecule has 3 nitrogen and oxygen atoms in total. The van der Waals surface area contributed by atoms with Gasteiger partial charge in [-0.15, -0.1) is 0 Å². The van der Waals surface area contributed by atoms with Gasteiger partial charge in [0, 0.05) is 12.6 Å². The van der Waals surface area contributed by atoms with Crippen molar-refractivity contribution in [2.24, 2.45) is 0 Å². The Kier molecular flexibility index (Phi) is 3.02. The summed E-state index contributed by atoms with van der Waals surface area (Å²) >= 11 is 5.52. The van der Waals surface area contributed by atoms with Crippen LogP contribution < -0.4 is 0 Å². The van der Waals surface area contributed by atoms with Crippen LogP contribution in [0.2, 0.25) is 0 Å². The minimum Gasteiger partial charge on any atom is -0.375 e. The Morgan fingerprint density at radius 1 is 1.42 bits per heavy atom. The van der Waals surface area contributed by atoms with Crippen LogP contribution in [-0.2, 0) is 4.74 Å². The molecule has 0 amide bonds. The standard InChI is InChI=1S/C15H20N2OS/c1-10-4-5-13-12(8-10)16-14(19)17(13)11-6-7-18-15(2,3)9-11/h4-5,8,11H,6-7,9H2,1-3H3,(H,16,19). The Hall–Kier alpha value is -1.13. The average molecular weight is 276 g/mol. The highest BCUT2D eigenvalue weighted by Gasteiger charge is 2.30. The molecule has 1 unspecified atom stereocenters. The van der Waals surface area contributed by atoms with Crippen molar-refractivity contribution in [3.05, 3.63) is 28.5 Å². The molecule has 1 aromatic carbocycles. The lowest BCUT2D eigenvalue weighted by Crippen LogP contribution is -2.35. The lowest BCUT2D eigenvalue weighted by molar-refractivity contribution is -0.0687. The Balaban J connectivity index is 2.09. The first-order valence-corrected chi connectivity index (χ1v) is 7.22. The molecule has 1 aliphatic heterocycles. The predicted molar refractivity (Wildman–Crippen MR) is 80.2 cm³/mol. The topological polar surface area (TPSA) is 29.9 Å². The van der Waals surface area contributed by atoms with Crippen molar-refractivity contribution in [2.45, 2.75) is 45.3 Å². The summed E-state index contributed by atoms with van der Waals surface area (Å²) in [5.74, 6) is 0. The molecule has 1 aromatic heterocycles. The summed E-state index contributed by atoms with van der Waals surface area (Å²) in [6, 6.07) is 6.89. The SMILES string of the molecule is Cc1ccc2c(c1)[nH]c(=S)n2C1CCOC(C)(C)C1. The van der Waals surface area contributed by atoms with E-state index in [1.165, 1.54) is 11.1 Å². The van der Waals surface area contributed by atoms with Crippen LogP contribution in [-0.4, -0.2) is 21.8 Å². The smallest absolute Gasteiger partial charge is 0.178 e. The summed E-state index contributed by atoms with van der Waals surface area (Å²) in [5, 5.41) is 0. The minimum absolute atomic E-state index is 0.0635. The van der Waals surface area contributed by atoms with Crippen LogP contribution >= 0.6 is 12.2 Å². The first-order valence-electron chi connectivity index (χ1n) is 6.81. The Morgan fingerprint density at radius 2 is 2.21 bits per heavy atom. The maximum absolute atomic E-state index is 5.81. The fourth-order valence-corrected chi connectivity index (χ4v) is 3.38. The monoisotopic (exact) mass is 276 g/mol. The van der Waals surface area contributed by atoms with Crippen molar-refractivity contribution in [3.63, 3.8) is 0 Å². The van der Waals surface area contributed by atoms with E-state index < -0.39 is 0 Å². The molecule has 0 saturated carbocycles. The number of nitrogens with one attached hydrogen (secondary N) is 1. The lowest BCUT2D eigenvalue weighted by atomic mass is 9.93. The van der Waals surface area contributed by atoms with Crippen molar-refractivity contribution in [1.82, 2.24) is 9.55 Å². The van der Waals surface area contributed by atoms with Gasteiger partial charge in [-0.1, -0.05) is 6.07 Å². The van der Waals surface area contributed by atoms with E-state index in [0.29, 0.717) is 6.04 Å². The number of ether oxygens (including phenoxy) is 1. The van der Waals surface area contributed by atoms with E-state index >= 15 is 0 Å². The van der Waals surface area contributed by atoms with Gasteiger partial charge < -0.3 is 14.3 Å². The van der Waals surface area contributed by atoms with Crippen LogP contribution in [0.4, 0.5) is 0 Å². The zero-order valence-electron chi connectivity index (χ0n) is 11.7. The van der Waals surface area contributed by atoms with Crippen molar-refractivity contribution >= 4 is 23.3 Å². The summed E-state index contributed by atoms with van der Waals surface area (Å²) in [6.45, 7) is 7.22. The van der Waals surface area contributed by atoms with Crippen LogP contribution in [0.3, 0.4) is 0 Å². The summed E-state index contributed by atoms with van der Waals surface area (Å²) in [4.78, 5) is 3.33. The molecule has 1 saturated heterocycles. The number of aryl methyl sites for hydroxylation is 1. The molecule has 2 aromatic rings. The summed E-state index contributed by atoms with van der Waals surface area (Å²) in [7, 11) is 0. The number of benzene rings is 1. The van der Waals surface area contributed by atoms with Crippen LogP contribution in [0.25, 0.3) is 11.0 Å². The fourth-order valence-electron chi connectivity index (χ4n) is 3.03. The lowest BCUT2D eigenvalue weighted by Gasteiger charge is -2.36. The third-order valence-electron chi connectivity index (χ3n) is 3.91. The molecule has 0 radical (unpaired) electrons. The molecule has 1 fully saturated rings. The van der Waals surface area contributed by atoms with E-state index in [1.54, 1.807) is 0 Å². The van der Waals surface area contributed by atoms with Crippen LogP contribution in [0.15, 0.2) is 18.2 Å². The number of nitrogens with zero attached hydrogens (tertiary/aromatic N) is 1. The highest BCUT2D eigenvalue weighted by atomic mass is 32.1. The van der Waals surface area contributed by atoms with Crippen LogP contribution in [0.5, 0.6) is 0 Å². The van der Waals surface area contributed by atoms with Gasteiger partial charge in [-0.2, -0.15) is 0 Å². The van der Waals surface area contributed by atoms with Gasteiger partial charge in [0.25, 0.3) is 0 Å². The molecule has 3 rings (SSSR count). The summed E-state index contributed by atoms with van der Waals surface area (Å²) < 4.78 is 8.90. The van der Waals surface area contributed by atoms with Crippen LogP contribution in [0, 0.1) is 11.7 Å². The van der Waals surface area contributed by atoms with Gasteiger partial charge >= 0.3 is 0 Å². The molecule has 1 N–H and O–H groups in total. The number of imidazole rings is 1. The zero-order valence-corrected chi connectivity index (χ0v) is 12.5. The van der Waals surface area contributed by atoms with E-state index in [4.69, 9.17) is 17.0 Å². The molecule has 0 spiro atoms. The minimum atomic E-state index is -0.0635. The van der Waals surface area contributed by atoms with E-state index in [9.17, 15) is 0 Å². The number of hydrogen-bond acceptors (Lipinski definition) is 2. The molecule has 2 heterocycles. The average Bonchev–Trinajstić information content (AvgIpc) is 2.62. The Labute approximate surface area is 118 Å². The molecule has 102 valence electrons. The second-order valence-electron chi connectivity index (χ2n) is 6.08. The van der Waals surface area contributed by atoms with Crippen molar-refractivity contribution in [2.75, 3.05) is 6.61 Å². The Morgan fingerprint density at radius 3 is 2.95 bits per heavy atom. The predicted octanol–water partition coefficient (Wildman–Crippen LogP) is 4.14. The molecule has 19 heavy (non-hydrogen) atoms. The number of fused-ring (bicyclic) bond motifs is 1. The normalized spacial score (nSPS) is 22.8. The van der Waals surface area contributed by atoms with Crippen molar-refractivity contribution in [3.8, 4) is 0 Å². The van der Waals surface area contributed by atoms with Gasteiger partial charge in [0.15, 0.2) is 4.77 Å². The number of H-pyrrole nitrogens is 1. The number of aromatic nitrogens is 2. The van der Waals surface area contributed by atoms with E-state index in [2.05, 4.69) is 48.5 Å². The second-order valence-corrected chi connectivity index (χ2v) is 6.46. The summed E-state index contributed by atoms with van der Waals surface area (Å²) in [6.07, 6.45) is 2.03. The van der Waals surface area contributed by atoms with Crippen molar-refractivity contribution in [1.29, 1.82) is 0 Å². The highest BCUT2D eigenvalue weighted by molar-refractivity contribution is 7.71. The van der Waals surface area contributed by atoms with Gasteiger partial charge in [-0.25, -0.2) is 0 Å². The third-order valence-corrected chi connectivity index (χ3v) is 4.21. The maximum Gasteiger partial charge on any atom is 0.178 e. The van der Waals surface area contributed by atoms with Crippen LogP contribution in [0.1, 0.15) is 38.3 Å². The quantitative estimate of drug-likeness (QED) is 0.793. The Bertz CT molecular complexity index is 668.